The molecule has 4 fully saturated rings. The highest BCUT2D eigenvalue weighted by molar-refractivity contribution is 7.90. The van der Waals surface area contributed by atoms with Crippen molar-refractivity contribution in [2.24, 2.45) is 17.8 Å². The van der Waals surface area contributed by atoms with Crippen molar-refractivity contribution in [1.82, 2.24) is 9.19 Å². The van der Waals surface area contributed by atoms with Crippen LogP contribution in [0.3, 0.4) is 0 Å². The fourth-order valence-corrected chi connectivity index (χ4v) is 8.48. The van der Waals surface area contributed by atoms with Gasteiger partial charge in [0, 0.05) is 11.6 Å². The Hall–Kier alpha value is -2.22. The van der Waals surface area contributed by atoms with E-state index in [2.05, 4.69) is 5.10 Å². The predicted molar refractivity (Wildman–Crippen MR) is 107 cm³/mol. The lowest BCUT2D eigenvalue weighted by molar-refractivity contribution is -0.387. The van der Waals surface area contributed by atoms with Crippen LogP contribution in [0.4, 0.5) is 5.69 Å². The van der Waals surface area contributed by atoms with Crippen LogP contribution in [0.2, 0.25) is 0 Å². The molecule has 4 bridgehead atoms. The van der Waals surface area contributed by atoms with Gasteiger partial charge in [-0.2, -0.15) is 17.6 Å². The molecule has 154 valence electrons. The van der Waals surface area contributed by atoms with Crippen LogP contribution in [-0.4, -0.2) is 22.5 Å². The third kappa shape index (κ3) is 2.68. The molecule has 4 aliphatic rings. The first-order valence-electron chi connectivity index (χ1n) is 10.3. The number of hydrogen-bond acceptors (Lipinski definition) is 5. The van der Waals surface area contributed by atoms with E-state index in [1.807, 2.05) is 6.92 Å². The molecule has 0 saturated heterocycles. The van der Waals surface area contributed by atoms with E-state index in [9.17, 15) is 18.5 Å². The highest BCUT2D eigenvalue weighted by atomic mass is 32.2. The van der Waals surface area contributed by atoms with Gasteiger partial charge in [-0.25, -0.2) is 0 Å². The molecule has 4 saturated carbocycles. The lowest BCUT2D eigenvalue weighted by Gasteiger charge is -2.57. The zero-order valence-electron chi connectivity index (χ0n) is 16.7. The van der Waals surface area contributed by atoms with Crippen molar-refractivity contribution in [3.05, 3.63) is 51.3 Å². The summed E-state index contributed by atoms with van der Waals surface area (Å²) in [5, 5.41) is 15.8. The molecule has 0 unspecified atom stereocenters. The molecule has 1 aromatic heterocycles. The van der Waals surface area contributed by atoms with Crippen molar-refractivity contribution in [1.29, 1.82) is 0 Å². The maximum Gasteiger partial charge on any atom is 0.290 e. The molecular weight excluding hydrogens is 390 g/mol. The Labute approximate surface area is 170 Å². The number of benzene rings is 1. The average molecular weight is 416 g/mol. The molecule has 2 aromatic rings. The molecule has 0 radical (unpaired) electrons. The van der Waals surface area contributed by atoms with Crippen LogP contribution in [0.1, 0.15) is 55.5 Å². The quantitative estimate of drug-likeness (QED) is 0.553. The summed E-state index contributed by atoms with van der Waals surface area (Å²) >= 11 is 0. The van der Waals surface area contributed by atoms with Crippen molar-refractivity contribution in [3.63, 3.8) is 0 Å². The Morgan fingerprint density at radius 2 is 1.62 bits per heavy atom. The minimum Gasteiger partial charge on any atom is -0.258 e. The average Bonchev–Trinajstić information content (AvgIpc) is 2.96. The van der Waals surface area contributed by atoms with E-state index < -0.39 is 20.6 Å². The lowest BCUT2D eigenvalue weighted by Crippen LogP contribution is -2.49. The lowest BCUT2D eigenvalue weighted by atomic mass is 9.48. The fourth-order valence-electron chi connectivity index (χ4n) is 6.96. The van der Waals surface area contributed by atoms with Crippen LogP contribution in [0, 0.1) is 41.7 Å². The molecule has 0 atom stereocenters. The number of para-hydroxylation sites is 1. The topological polar surface area (TPSA) is 95.1 Å². The van der Waals surface area contributed by atoms with Crippen LogP contribution >= 0.6 is 0 Å². The normalized spacial score (nSPS) is 30.6. The molecule has 29 heavy (non-hydrogen) atoms. The van der Waals surface area contributed by atoms with E-state index in [0.29, 0.717) is 5.69 Å². The van der Waals surface area contributed by atoms with Crippen molar-refractivity contribution in [2.45, 2.75) is 62.7 Å². The first kappa shape index (κ1) is 18.8. The van der Waals surface area contributed by atoms with Gasteiger partial charge in [-0.1, -0.05) is 12.1 Å². The van der Waals surface area contributed by atoms with E-state index in [1.165, 1.54) is 43.5 Å². The molecule has 1 heterocycles. The van der Waals surface area contributed by atoms with Gasteiger partial charge in [0.2, 0.25) is 0 Å². The fraction of sp³-hybridized carbons (Fsp3) is 0.571. The summed E-state index contributed by atoms with van der Waals surface area (Å²) in [5.74, 6) is 2.20. The SMILES string of the molecule is Cc1nn(S(=O)(=O)c2ccccc2[N+](=O)[O-])c(C)c1C12CC3CC(CC(C3)C1)C2. The zero-order valence-corrected chi connectivity index (χ0v) is 17.5. The zero-order chi connectivity index (χ0) is 20.6. The number of rotatable bonds is 4. The minimum atomic E-state index is -4.15. The van der Waals surface area contributed by atoms with E-state index in [1.54, 1.807) is 6.92 Å². The molecule has 0 amide bonds. The smallest absolute Gasteiger partial charge is 0.258 e. The van der Waals surface area contributed by atoms with Crippen molar-refractivity contribution in [3.8, 4) is 0 Å². The van der Waals surface area contributed by atoms with Crippen molar-refractivity contribution >= 4 is 15.7 Å². The highest BCUT2D eigenvalue weighted by Crippen LogP contribution is 2.61. The third-order valence-corrected chi connectivity index (χ3v) is 9.10. The largest absolute Gasteiger partial charge is 0.290 e. The highest BCUT2D eigenvalue weighted by Gasteiger charge is 2.53. The van der Waals surface area contributed by atoms with Gasteiger partial charge < -0.3 is 0 Å². The molecular formula is C21H25N3O4S. The van der Waals surface area contributed by atoms with Crippen molar-refractivity contribution in [2.75, 3.05) is 0 Å². The van der Waals surface area contributed by atoms with Crippen LogP contribution in [-0.2, 0) is 15.4 Å². The predicted octanol–water partition coefficient (Wildman–Crippen LogP) is 4.11. The summed E-state index contributed by atoms with van der Waals surface area (Å²) in [4.78, 5) is 10.4. The minimum absolute atomic E-state index is 0.0132. The van der Waals surface area contributed by atoms with Crippen LogP contribution < -0.4 is 0 Å². The van der Waals surface area contributed by atoms with E-state index >= 15 is 0 Å². The maximum atomic E-state index is 13.4. The van der Waals surface area contributed by atoms with E-state index in [4.69, 9.17) is 0 Å². The molecule has 0 aliphatic heterocycles. The Kier molecular flexibility index (Phi) is 3.98. The second-order valence-electron chi connectivity index (χ2n) is 9.32. The summed E-state index contributed by atoms with van der Waals surface area (Å²) in [6.45, 7) is 3.69. The molecule has 4 aliphatic carbocycles. The van der Waals surface area contributed by atoms with E-state index in [0.717, 1.165) is 52.4 Å². The molecule has 7 nitrogen and oxygen atoms in total. The molecule has 6 rings (SSSR count). The van der Waals surface area contributed by atoms with Gasteiger partial charge in [-0.3, -0.25) is 10.1 Å². The molecule has 8 heteroatoms. The Bertz CT molecular complexity index is 1080. The number of nitro benzene ring substituents is 1. The Morgan fingerprint density at radius 1 is 1.07 bits per heavy atom. The first-order valence-corrected chi connectivity index (χ1v) is 11.7. The van der Waals surface area contributed by atoms with Gasteiger partial charge in [0.25, 0.3) is 15.7 Å². The summed E-state index contributed by atoms with van der Waals surface area (Å²) in [5.41, 5.74) is 2.02. The Morgan fingerprint density at radius 3 is 2.17 bits per heavy atom. The summed E-state index contributed by atoms with van der Waals surface area (Å²) < 4.78 is 27.8. The maximum absolute atomic E-state index is 13.4. The Balaban J connectivity index is 1.64. The van der Waals surface area contributed by atoms with Crippen LogP contribution in [0.15, 0.2) is 29.2 Å². The molecule has 0 N–H and O–H groups in total. The number of nitrogens with zero attached hydrogens (tertiary/aromatic N) is 3. The van der Waals surface area contributed by atoms with Gasteiger partial charge in [-0.05, 0) is 81.6 Å². The second kappa shape index (κ2) is 6.14. The van der Waals surface area contributed by atoms with Gasteiger partial charge in [-0.15, -0.1) is 0 Å². The number of aryl methyl sites for hydroxylation is 1. The number of nitro groups is 1. The van der Waals surface area contributed by atoms with Crippen molar-refractivity contribution < 1.29 is 13.3 Å². The number of hydrogen-bond donors (Lipinski definition) is 0. The van der Waals surface area contributed by atoms with E-state index in [-0.39, 0.29) is 10.3 Å². The first-order chi connectivity index (χ1) is 13.7. The second-order valence-corrected chi connectivity index (χ2v) is 11.1. The van der Waals surface area contributed by atoms with Crippen LogP contribution in [0.25, 0.3) is 0 Å². The van der Waals surface area contributed by atoms with Gasteiger partial charge in [0.05, 0.1) is 16.3 Å². The number of aromatic nitrogens is 2. The third-order valence-electron chi connectivity index (χ3n) is 7.39. The summed E-state index contributed by atoms with van der Waals surface area (Å²) in [6.07, 6.45) is 7.24. The standard InChI is InChI=1S/C21H25N3O4S/c1-13-20(21-10-15-7-16(11-21)9-17(8-15)12-21)14(2)23(22-13)29(27,28)19-6-4-3-5-18(19)24(25)26/h3-6,15-17H,7-12H2,1-2H3. The monoisotopic (exact) mass is 415 g/mol. The van der Waals surface area contributed by atoms with Gasteiger partial charge in [0.15, 0.2) is 4.90 Å². The summed E-state index contributed by atoms with van der Waals surface area (Å²) in [6, 6.07) is 5.48. The molecule has 0 spiro atoms. The summed E-state index contributed by atoms with van der Waals surface area (Å²) in [7, 11) is -4.15. The van der Waals surface area contributed by atoms with Gasteiger partial charge >= 0.3 is 0 Å². The van der Waals surface area contributed by atoms with Gasteiger partial charge in [0.1, 0.15) is 0 Å². The van der Waals surface area contributed by atoms with Crippen LogP contribution in [0.5, 0.6) is 0 Å². The molecule has 1 aromatic carbocycles.